The summed E-state index contributed by atoms with van der Waals surface area (Å²) in [6.45, 7) is 15.4. The van der Waals surface area contributed by atoms with Crippen LogP contribution in [0, 0.1) is 0 Å². The monoisotopic (exact) mass is 174 g/mol. The Balaban J connectivity index is 4.13. The Morgan fingerprint density at radius 3 is 1.55 bits per heavy atom. The Labute approximate surface area is 72.3 Å². The van der Waals surface area contributed by atoms with Crippen LogP contribution < -0.4 is 0 Å². The van der Waals surface area contributed by atoms with Crippen LogP contribution in [0.15, 0.2) is 0 Å². The third-order valence-corrected chi connectivity index (χ3v) is 5.88. The Kier molecular flexibility index (Phi) is 3.33. The fourth-order valence-electron chi connectivity index (χ4n) is 0.907. The molecule has 0 rings (SSSR count). The van der Waals surface area contributed by atoms with Gasteiger partial charge >= 0.3 is 0 Å². The van der Waals surface area contributed by atoms with E-state index in [9.17, 15) is 0 Å². The molecule has 0 N–H and O–H groups in total. The van der Waals surface area contributed by atoms with E-state index in [1.165, 1.54) is 0 Å². The summed E-state index contributed by atoms with van der Waals surface area (Å²) in [5.41, 5.74) is 0.724. The van der Waals surface area contributed by atoms with E-state index in [4.69, 9.17) is 4.43 Å². The zero-order valence-electron chi connectivity index (χ0n) is 8.99. The molecule has 0 saturated carbocycles. The smallest absolute Gasteiger partial charge is 0.189 e. The van der Waals surface area contributed by atoms with Gasteiger partial charge in [0.05, 0.1) is 0 Å². The second-order valence-corrected chi connectivity index (χ2v) is 9.54. The van der Waals surface area contributed by atoms with E-state index < -0.39 is 8.32 Å². The average Bonchev–Trinajstić information content (AvgIpc) is 1.56. The van der Waals surface area contributed by atoms with Crippen molar-refractivity contribution in [1.29, 1.82) is 0 Å². The maximum Gasteiger partial charge on any atom is 0.189 e. The molecule has 0 saturated heterocycles. The van der Waals surface area contributed by atoms with Gasteiger partial charge in [-0.2, -0.15) is 0 Å². The molecule has 0 bridgehead atoms. The third-order valence-electron chi connectivity index (χ3n) is 1.96. The predicted molar refractivity (Wildman–Crippen MR) is 53.4 cm³/mol. The summed E-state index contributed by atoms with van der Waals surface area (Å²) in [6, 6.07) is 0. The highest BCUT2D eigenvalue weighted by Crippen LogP contribution is 2.26. The summed E-state index contributed by atoms with van der Waals surface area (Å²) < 4.78 is 6.03. The highest BCUT2D eigenvalue weighted by molar-refractivity contribution is 6.72. The lowest BCUT2D eigenvalue weighted by Gasteiger charge is -2.35. The molecule has 0 aromatic heterocycles. The minimum atomic E-state index is -1.42. The van der Waals surface area contributed by atoms with Crippen molar-refractivity contribution in [2.45, 2.75) is 58.9 Å². The lowest BCUT2D eigenvalue weighted by Crippen LogP contribution is -2.41. The lowest BCUT2D eigenvalue weighted by molar-refractivity contribution is 0.117. The molecule has 68 valence electrons. The topological polar surface area (TPSA) is 9.23 Å². The zero-order valence-corrected chi connectivity index (χ0v) is 9.99. The third kappa shape index (κ3) is 4.59. The van der Waals surface area contributed by atoms with Crippen LogP contribution in [0.25, 0.3) is 0 Å². The zero-order chi connectivity index (χ0) is 9.28. The van der Waals surface area contributed by atoms with E-state index in [0.29, 0.717) is 5.54 Å². The van der Waals surface area contributed by atoms with Crippen LogP contribution in [-0.2, 0) is 4.43 Å². The Morgan fingerprint density at radius 2 is 1.45 bits per heavy atom. The van der Waals surface area contributed by atoms with Gasteiger partial charge in [0.25, 0.3) is 0 Å². The lowest BCUT2D eigenvalue weighted by atomic mass is 10.2. The Morgan fingerprint density at radius 1 is 1.09 bits per heavy atom. The van der Waals surface area contributed by atoms with Gasteiger partial charge in [-0.1, -0.05) is 13.8 Å². The van der Waals surface area contributed by atoms with Gasteiger partial charge < -0.3 is 4.43 Å². The predicted octanol–water partition coefficient (Wildman–Crippen LogP) is 3.42. The molecule has 0 aliphatic heterocycles. The first-order chi connectivity index (χ1) is 4.65. The average molecular weight is 174 g/mol. The molecule has 0 unspecified atom stereocenters. The molecule has 0 radical (unpaired) electrons. The van der Waals surface area contributed by atoms with Gasteiger partial charge in [-0.3, -0.25) is 0 Å². The van der Waals surface area contributed by atoms with E-state index in [1.54, 1.807) is 0 Å². The summed E-state index contributed by atoms with van der Waals surface area (Å²) in [5, 5.41) is 0. The first-order valence-electron chi connectivity index (χ1n) is 4.35. The molecule has 0 aliphatic carbocycles. The molecular weight excluding hydrogens is 152 g/mol. The van der Waals surface area contributed by atoms with Gasteiger partial charge in [-0.05, 0) is 39.4 Å². The number of rotatable bonds is 2. The van der Waals surface area contributed by atoms with Crippen LogP contribution in [0.3, 0.4) is 0 Å². The van der Waals surface area contributed by atoms with Gasteiger partial charge in [-0.15, -0.1) is 0 Å². The molecular formula is C9H22OSi. The van der Waals surface area contributed by atoms with E-state index in [1.807, 2.05) is 0 Å². The quantitative estimate of drug-likeness (QED) is 0.583. The molecule has 11 heavy (non-hydrogen) atoms. The van der Waals surface area contributed by atoms with Crippen molar-refractivity contribution < 1.29 is 4.43 Å². The molecule has 2 heteroatoms. The van der Waals surface area contributed by atoms with E-state index >= 15 is 0 Å². The minimum absolute atomic E-state index is 0.0278. The van der Waals surface area contributed by atoms with Crippen LogP contribution in [0.1, 0.15) is 34.6 Å². The van der Waals surface area contributed by atoms with Crippen molar-refractivity contribution in [1.82, 2.24) is 0 Å². The summed E-state index contributed by atoms with van der Waals surface area (Å²) in [7, 11) is -1.42. The van der Waals surface area contributed by atoms with Crippen molar-refractivity contribution >= 4 is 8.32 Å². The second-order valence-electron chi connectivity index (χ2n) is 4.97. The fraction of sp³-hybridized carbons (Fsp3) is 1.00. The molecule has 0 atom stereocenters. The highest BCUT2D eigenvalue weighted by Gasteiger charge is 2.31. The molecule has 0 aliphatic rings. The fourth-order valence-corrected chi connectivity index (χ4v) is 2.72. The van der Waals surface area contributed by atoms with Crippen LogP contribution >= 0.6 is 0 Å². The standard InChI is InChI=1S/C9H22OSi/c1-8(2)11(6,7)10-9(3,4)5/h8H,1-7H3. The SMILES string of the molecule is CC(C)[Si](C)(C)OC(C)(C)C. The first-order valence-corrected chi connectivity index (χ1v) is 7.34. The highest BCUT2D eigenvalue weighted by atomic mass is 28.4. The van der Waals surface area contributed by atoms with Crippen molar-refractivity contribution in [3.05, 3.63) is 0 Å². The van der Waals surface area contributed by atoms with E-state index in [0.717, 1.165) is 0 Å². The van der Waals surface area contributed by atoms with Crippen LogP contribution in [0.2, 0.25) is 18.6 Å². The van der Waals surface area contributed by atoms with Crippen LogP contribution in [0.4, 0.5) is 0 Å². The first kappa shape index (κ1) is 11.2. The summed E-state index contributed by atoms with van der Waals surface area (Å²) in [5.74, 6) is 0. The summed E-state index contributed by atoms with van der Waals surface area (Å²) >= 11 is 0. The molecule has 1 nitrogen and oxygen atoms in total. The maximum atomic E-state index is 6.03. The molecule has 0 amide bonds. The minimum Gasteiger partial charge on any atom is -0.412 e. The van der Waals surface area contributed by atoms with Crippen LogP contribution in [-0.4, -0.2) is 13.9 Å². The maximum absolute atomic E-state index is 6.03. The van der Waals surface area contributed by atoms with Gasteiger partial charge in [0.15, 0.2) is 8.32 Å². The summed E-state index contributed by atoms with van der Waals surface area (Å²) in [6.07, 6.45) is 0. The van der Waals surface area contributed by atoms with Gasteiger partial charge in [0, 0.05) is 5.60 Å². The molecule has 0 spiro atoms. The van der Waals surface area contributed by atoms with Gasteiger partial charge in [0.1, 0.15) is 0 Å². The van der Waals surface area contributed by atoms with E-state index in [-0.39, 0.29) is 5.60 Å². The Hall–Kier alpha value is 0.177. The summed E-state index contributed by atoms with van der Waals surface area (Å²) in [4.78, 5) is 0. The van der Waals surface area contributed by atoms with Crippen molar-refractivity contribution in [3.8, 4) is 0 Å². The normalized spacial score (nSPS) is 14.2. The molecule has 0 aromatic rings. The van der Waals surface area contributed by atoms with Gasteiger partial charge in [-0.25, -0.2) is 0 Å². The van der Waals surface area contributed by atoms with E-state index in [2.05, 4.69) is 47.7 Å². The largest absolute Gasteiger partial charge is 0.412 e. The number of hydrogen-bond donors (Lipinski definition) is 0. The Bertz CT molecular complexity index is 122. The second kappa shape index (κ2) is 3.28. The van der Waals surface area contributed by atoms with Crippen molar-refractivity contribution in [2.24, 2.45) is 0 Å². The van der Waals surface area contributed by atoms with Crippen LogP contribution in [0.5, 0.6) is 0 Å². The molecule has 0 aromatic carbocycles. The molecule has 0 heterocycles. The van der Waals surface area contributed by atoms with Crippen molar-refractivity contribution in [3.63, 3.8) is 0 Å². The number of hydrogen-bond acceptors (Lipinski definition) is 1. The molecule has 0 fully saturated rings. The van der Waals surface area contributed by atoms with Crippen molar-refractivity contribution in [2.75, 3.05) is 0 Å². The van der Waals surface area contributed by atoms with Gasteiger partial charge in [0.2, 0.25) is 0 Å².